The summed E-state index contributed by atoms with van der Waals surface area (Å²) >= 11 is 0. The van der Waals surface area contributed by atoms with Crippen molar-refractivity contribution in [3.05, 3.63) is 71.0 Å². The zero-order chi connectivity index (χ0) is 16.9. The highest BCUT2D eigenvalue weighted by atomic mass is 19.1. The van der Waals surface area contributed by atoms with E-state index in [1.807, 2.05) is 31.2 Å². The smallest absolute Gasteiger partial charge is 0.254 e. The van der Waals surface area contributed by atoms with E-state index in [0.717, 1.165) is 30.6 Å². The van der Waals surface area contributed by atoms with Gasteiger partial charge >= 0.3 is 0 Å². The fourth-order valence-electron chi connectivity index (χ4n) is 3.02. The number of carbonyl (C=O) groups excluding carboxylic acids is 1. The summed E-state index contributed by atoms with van der Waals surface area (Å²) in [5.74, 6) is -0.284. The number of rotatable bonds is 5. The number of halogens is 1. The van der Waals surface area contributed by atoms with Gasteiger partial charge in [0.2, 0.25) is 0 Å². The molecule has 1 saturated heterocycles. The second-order valence-corrected chi connectivity index (χ2v) is 6.32. The Labute approximate surface area is 142 Å². The number of carbonyl (C=O) groups is 1. The first-order valence-electron chi connectivity index (χ1n) is 8.34. The van der Waals surface area contributed by atoms with E-state index < -0.39 is 0 Å². The summed E-state index contributed by atoms with van der Waals surface area (Å²) in [4.78, 5) is 14.8. The van der Waals surface area contributed by atoms with E-state index >= 15 is 0 Å². The molecule has 1 aliphatic heterocycles. The van der Waals surface area contributed by atoms with Crippen LogP contribution in [0, 0.1) is 12.7 Å². The average Bonchev–Trinajstić information content (AvgIpc) is 3.09. The molecule has 4 heteroatoms. The monoisotopic (exact) mass is 327 g/mol. The quantitative estimate of drug-likeness (QED) is 0.832. The first-order chi connectivity index (χ1) is 11.6. The molecule has 1 fully saturated rings. The van der Waals surface area contributed by atoms with Crippen molar-refractivity contribution in [2.45, 2.75) is 32.4 Å². The maximum atomic E-state index is 13.1. The van der Waals surface area contributed by atoms with Gasteiger partial charge in [-0.3, -0.25) is 4.79 Å². The van der Waals surface area contributed by atoms with Crippen molar-refractivity contribution in [2.75, 3.05) is 13.2 Å². The first kappa shape index (κ1) is 16.7. The standard InChI is InChI=1S/C20H22FNO2/c1-15-4-2-5-17(12-15)20(23)22(14-19-6-3-11-24-19)13-16-7-9-18(21)10-8-16/h2,4-5,7-10,12,19H,3,6,11,13-14H2,1H3. The van der Waals surface area contributed by atoms with Gasteiger partial charge in [0, 0.05) is 25.3 Å². The third-order valence-corrected chi connectivity index (χ3v) is 4.29. The van der Waals surface area contributed by atoms with E-state index in [-0.39, 0.29) is 17.8 Å². The topological polar surface area (TPSA) is 29.5 Å². The van der Waals surface area contributed by atoms with Crippen LogP contribution in [0.1, 0.15) is 34.3 Å². The Morgan fingerprint density at radius 2 is 2.04 bits per heavy atom. The number of ether oxygens (including phenoxy) is 1. The van der Waals surface area contributed by atoms with Crippen LogP contribution >= 0.6 is 0 Å². The average molecular weight is 327 g/mol. The minimum Gasteiger partial charge on any atom is -0.376 e. The van der Waals surface area contributed by atoms with Crippen molar-refractivity contribution in [1.82, 2.24) is 4.90 Å². The Kier molecular flexibility index (Phi) is 5.26. The lowest BCUT2D eigenvalue weighted by Gasteiger charge is -2.26. The van der Waals surface area contributed by atoms with Gasteiger partial charge in [-0.05, 0) is 49.6 Å². The van der Waals surface area contributed by atoms with Gasteiger partial charge < -0.3 is 9.64 Å². The van der Waals surface area contributed by atoms with Crippen LogP contribution in [0.2, 0.25) is 0 Å². The number of aryl methyl sites for hydroxylation is 1. The van der Waals surface area contributed by atoms with Crippen molar-refractivity contribution >= 4 is 5.91 Å². The second kappa shape index (κ2) is 7.58. The third kappa shape index (κ3) is 4.20. The molecular weight excluding hydrogens is 305 g/mol. The lowest BCUT2D eigenvalue weighted by atomic mass is 10.1. The molecule has 126 valence electrons. The van der Waals surface area contributed by atoms with E-state index in [2.05, 4.69) is 0 Å². The molecule has 1 amide bonds. The van der Waals surface area contributed by atoms with E-state index in [1.54, 1.807) is 17.0 Å². The fraction of sp³-hybridized carbons (Fsp3) is 0.350. The van der Waals surface area contributed by atoms with Gasteiger partial charge in [0.15, 0.2) is 0 Å². The molecule has 2 aromatic rings. The largest absolute Gasteiger partial charge is 0.376 e. The highest BCUT2D eigenvalue weighted by Crippen LogP contribution is 2.18. The van der Waals surface area contributed by atoms with Gasteiger partial charge in [-0.1, -0.05) is 29.8 Å². The summed E-state index contributed by atoms with van der Waals surface area (Å²) in [6, 6.07) is 13.9. The van der Waals surface area contributed by atoms with Gasteiger partial charge in [-0.25, -0.2) is 4.39 Å². The lowest BCUT2D eigenvalue weighted by molar-refractivity contribution is 0.0507. The van der Waals surface area contributed by atoms with Gasteiger partial charge in [0.25, 0.3) is 5.91 Å². The molecule has 24 heavy (non-hydrogen) atoms. The van der Waals surface area contributed by atoms with Crippen molar-refractivity contribution < 1.29 is 13.9 Å². The molecule has 1 aliphatic rings. The predicted molar refractivity (Wildman–Crippen MR) is 91.3 cm³/mol. The van der Waals surface area contributed by atoms with E-state index in [9.17, 15) is 9.18 Å². The third-order valence-electron chi connectivity index (χ3n) is 4.29. The molecular formula is C20H22FNO2. The number of benzene rings is 2. The molecule has 1 unspecified atom stereocenters. The summed E-state index contributed by atoms with van der Waals surface area (Å²) in [6.07, 6.45) is 2.09. The van der Waals surface area contributed by atoms with Crippen LogP contribution in [0.5, 0.6) is 0 Å². The minimum absolute atomic E-state index is 0.0153. The first-order valence-corrected chi connectivity index (χ1v) is 8.34. The summed E-state index contributed by atoms with van der Waals surface area (Å²) in [6.45, 7) is 3.74. The molecule has 3 rings (SSSR count). The molecule has 3 nitrogen and oxygen atoms in total. The number of nitrogens with zero attached hydrogens (tertiary/aromatic N) is 1. The zero-order valence-electron chi connectivity index (χ0n) is 13.9. The number of hydrogen-bond donors (Lipinski definition) is 0. The molecule has 0 bridgehead atoms. The Balaban J connectivity index is 1.80. The molecule has 0 aliphatic carbocycles. The van der Waals surface area contributed by atoms with Crippen LogP contribution in [-0.4, -0.2) is 30.1 Å². The summed E-state index contributed by atoms with van der Waals surface area (Å²) < 4.78 is 18.8. The Hall–Kier alpha value is -2.20. The van der Waals surface area contributed by atoms with Crippen LogP contribution < -0.4 is 0 Å². The van der Waals surface area contributed by atoms with Crippen LogP contribution in [-0.2, 0) is 11.3 Å². The molecule has 0 radical (unpaired) electrons. The summed E-state index contributed by atoms with van der Waals surface area (Å²) in [5.41, 5.74) is 2.64. The molecule has 0 aromatic heterocycles. The van der Waals surface area contributed by atoms with Gasteiger partial charge in [-0.2, -0.15) is 0 Å². The number of amides is 1. The van der Waals surface area contributed by atoms with Crippen molar-refractivity contribution in [3.63, 3.8) is 0 Å². The van der Waals surface area contributed by atoms with Crippen molar-refractivity contribution in [1.29, 1.82) is 0 Å². The van der Waals surface area contributed by atoms with E-state index in [0.29, 0.717) is 18.7 Å². The van der Waals surface area contributed by atoms with Crippen LogP contribution in [0.25, 0.3) is 0 Å². The molecule has 0 N–H and O–H groups in total. The summed E-state index contributed by atoms with van der Waals surface area (Å²) in [7, 11) is 0. The van der Waals surface area contributed by atoms with E-state index in [4.69, 9.17) is 4.74 Å². The highest BCUT2D eigenvalue weighted by molar-refractivity contribution is 5.94. The van der Waals surface area contributed by atoms with Crippen LogP contribution in [0.15, 0.2) is 48.5 Å². The second-order valence-electron chi connectivity index (χ2n) is 6.32. The van der Waals surface area contributed by atoms with Gasteiger partial charge in [0.05, 0.1) is 6.10 Å². The summed E-state index contributed by atoms with van der Waals surface area (Å²) in [5, 5.41) is 0. The Bertz CT molecular complexity index is 693. The Morgan fingerprint density at radius 1 is 1.25 bits per heavy atom. The number of hydrogen-bond acceptors (Lipinski definition) is 2. The Morgan fingerprint density at radius 3 is 2.71 bits per heavy atom. The molecule has 2 aromatic carbocycles. The maximum absolute atomic E-state index is 13.1. The minimum atomic E-state index is -0.269. The van der Waals surface area contributed by atoms with E-state index in [1.165, 1.54) is 12.1 Å². The van der Waals surface area contributed by atoms with Crippen molar-refractivity contribution in [3.8, 4) is 0 Å². The zero-order valence-corrected chi connectivity index (χ0v) is 13.9. The van der Waals surface area contributed by atoms with Gasteiger partial charge in [-0.15, -0.1) is 0 Å². The van der Waals surface area contributed by atoms with Gasteiger partial charge in [0.1, 0.15) is 5.82 Å². The normalized spacial score (nSPS) is 17.0. The molecule has 1 heterocycles. The van der Waals surface area contributed by atoms with Crippen LogP contribution in [0.4, 0.5) is 4.39 Å². The molecule has 1 atom stereocenters. The highest BCUT2D eigenvalue weighted by Gasteiger charge is 2.23. The van der Waals surface area contributed by atoms with Crippen LogP contribution in [0.3, 0.4) is 0 Å². The molecule has 0 spiro atoms. The predicted octanol–water partition coefficient (Wildman–Crippen LogP) is 3.96. The SMILES string of the molecule is Cc1cccc(C(=O)N(Cc2ccc(F)cc2)CC2CCCO2)c1. The fourth-order valence-corrected chi connectivity index (χ4v) is 3.02. The lowest BCUT2D eigenvalue weighted by Crippen LogP contribution is -2.37. The maximum Gasteiger partial charge on any atom is 0.254 e. The van der Waals surface area contributed by atoms with Crippen molar-refractivity contribution in [2.24, 2.45) is 0 Å². The molecule has 0 saturated carbocycles.